The summed E-state index contributed by atoms with van der Waals surface area (Å²) in [4.78, 5) is 0. The van der Waals surface area contributed by atoms with Gasteiger partial charge in [0, 0.05) is 18.8 Å². The second kappa shape index (κ2) is 5.84. The van der Waals surface area contributed by atoms with Crippen molar-refractivity contribution in [1.82, 2.24) is 9.78 Å². The van der Waals surface area contributed by atoms with Crippen LogP contribution in [0.5, 0.6) is 5.75 Å². The van der Waals surface area contributed by atoms with E-state index in [4.69, 9.17) is 22.1 Å². The first-order valence-corrected chi connectivity index (χ1v) is 7.08. The molecule has 0 spiro atoms. The van der Waals surface area contributed by atoms with Gasteiger partial charge in [-0.05, 0) is 34.5 Å². The largest absolute Gasteiger partial charge is 0.486 e. The fourth-order valence-electron chi connectivity index (χ4n) is 1.75. The van der Waals surface area contributed by atoms with E-state index in [0.29, 0.717) is 23.1 Å². The molecule has 2 rings (SSSR count). The van der Waals surface area contributed by atoms with Crippen LogP contribution in [0.3, 0.4) is 0 Å². The zero-order chi connectivity index (χ0) is 14.0. The Morgan fingerprint density at radius 3 is 2.84 bits per heavy atom. The maximum atomic E-state index is 6.27. The van der Waals surface area contributed by atoms with Crippen LogP contribution >= 0.6 is 27.5 Å². The number of halogens is 2. The molecule has 1 aromatic carbocycles. The van der Waals surface area contributed by atoms with Crippen molar-refractivity contribution in [3.8, 4) is 5.75 Å². The lowest BCUT2D eigenvalue weighted by molar-refractivity contribution is 0.293. The van der Waals surface area contributed by atoms with E-state index < -0.39 is 0 Å². The molecule has 2 aromatic rings. The second-order valence-corrected chi connectivity index (χ2v) is 5.40. The molecule has 0 bridgehead atoms. The third-order valence-corrected chi connectivity index (χ3v) is 3.91. The van der Waals surface area contributed by atoms with Gasteiger partial charge in [-0.3, -0.25) is 4.68 Å². The van der Waals surface area contributed by atoms with Crippen LogP contribution in [0.2, 0.25) is 5.02 Å². The molecule has 0 aliphatic heterocycles. The van der Waals surface area contributed by atoms with Gasteiger partial charge >= 0.3 is 0 Å². The van der Waals surface area contributed by atoms with Crippen LogP contribution in [-0.2, 0) is 20.1 Å². The minimum atomic E-state index is 0.352. The smallest absolute Gasteiger partial charge is 0.136 e. The molecule has 0 aliphatic carbocycles. The second-order valence-electron chi connectivity index (χ2n) is 4.16. The highest BCUT2D eigenvalue weighted by molar-refractivity contribution is 9.10. The van der Waals surface area contributed by atoms with Crippen molar-refractivity contribution in [2.24, 2.45) is 7.05 Å². The molecule has 102 valence electrons. The molecule has 1 aromatic heterocycles. The number of aromatic nitrogens is 2. The summed E-state index contributed by atoms with van der Waals surface area (Å²) < 4.78 is 8.36. The average Bonchev–Trinajstić information content (AvgIpc) is 2.66. The molecule has 19 heavy (non-hydrogen) atoms. The maximum Gasteiger partial charge on any atom is 0.136 e. The van der Waals surface area contributed by atoms with Crippen molar-refractivity contribution in [2.75, 3.05) is 5.73 Å². The normalized spacial score (nSPS) is 10.7. The molecule has 0 radical (unpaired) electrons. The van der Waals surface area contributed by atoms with E-state index in [0.717, 1.165) is 22.3 Å². The Labute approximate surface area is 125 Å². The highest BCUT2D eigenvalue weighted by Gasteiger charge is 2.14. The molecular weight excluding hydrogens is 330 g/mol. The van der Waals surface area contributed by atoms with Crippen molar-refractivity contribution in [2.45, 2.75) is 20.0 Å². The quantitative estimate of drug-likeness (QED) is 0.863. The summed E-state index contributed by atoms with van der Waals surface area (Å²) in [6.45, 7) is 2.37. The number of rotatable bonds is 4. The summed E-state index contributed by atoms with van der Waals surface area (Å²) in [6, 6.07) is 5.44. The average molecular weight is 345 g/mol. The summed E-state index contributed by atoms with van der Waals surface area (Å²) in [5.74, 6) is 0.690. The Morgan fingerprint density at radius 2 is 2.21 bits per heavy atom. The van der Waals surface area contributed by atoms with Crippen LogP contribution in [0.15, 0.2) is 22.7 Å². The summed E-state index contributed by atoms with van der Waals surface area (Å²) in [7, 11) is 1.86. The third-order valence-electron chi connectivity index (χ3n) is 2.82. The van der Waals surface area contributed by atoms with Gasteiger partial charge < -0.3 is 10.5 Å². The first kappa shape index (κ1) is 14.2. The number of ether oxygens (including phenoxy) is 1. The Bertz CT molecular complexity index is 598. The standard InChI is InChI=1S/C13H15BrClN3O/c1-3-10-13(15)11(18(2)17-10)7-19-12-6-8(16)4-5-9(12)14/h4-6H,3,7,16H2,1-2H3. The minimum Gasteiger partial charge on any atom is -0.486 e. The molecule has 0 fully saturated rings. The van der Waals surface area contributed by atoms with Gasteiger partial charge in [0.1, 0.15) is 12.4 Å². The van der Waals surface area contributed by atoms with E-state index in [-0.39, 0.29) is 0 Å². The lowest BCUT2D eigenvalue weighted by Crippen LogP contribution is -2.04. The number of nitrogen functional groups attached to an aromatic ring is 1. The van der Waals surface area contributed by atoms with Crippen LogP contribution < -0.4 is 10.5 Å². The molecule has 0 saturated heterocycles. The molecule has 0 aliphatic rings. The third kappa shape index (κ3) is 3.04. The maximum absolute atomic E-state index is 6.27. The fraction of sp³-hybridized carbons (Fsp3) is 0.308. The van der Waals surface area contributed by atoms with Crippen LogP contribution in [0.1, 0.15) is 18.3 Å². The molecule has 0 unspecified atom stereocenters. The van der Waals surface area contributed by atoms with Gasteiger partial charge in [0.05, 0.1) is 20.9 Å². The SMILES string of the molecule is CCc1nn(C)c(COc2cc(N)ccc2Br)c1Cl. The van der Waals surface area contributed by atoms with E-state index in [9.17, 15) is 0 Å². The number of hydrogen-bond donors (Lipinski definition) is 1. The fourth-order valence-corrected chi connectivity index (χ4v) is 2.46. The minimum absolute atomic E-state index is 0.352. The summed E-state index contributed by atoms with van der Waals surface area (Å²) in [5, 5.41) is 5.02. The van der Waals surface area contributed by atoms with Crippen LogP contribution in [0, 0.1) is 0 Å². The van der Waals surface area contributed by atoms with Gasteiger partial charge in [0.25, 0.3) is 0 Å². The predicted molar refractivity (Wildman–Crippen MR) is 80.5 cm³/mol. The number of aryl methyl sites for hydroxylation is 2. The van der Waals surface area contributed by atoms with Crippen molar-refractivity contribution < 1.29 is 4.74 Å². The number of nitrogens with zero attached hydrogens (tertiary/aromatic N) is 2. The molecule has 0 saturated carbocycles. The number of anilines is 1. The number of hydrogen-bond acceptors (Lipinski definition) is 3. The molecule has 1 heterocycles. The first-order chi connectivity index (χ1) is 9.02. The zero-order valence-corrected chi connectivity index (χ0v) is 13.1. The van der Waals surface area contributed by atoms with E-state index in [2.05, 4.69) is 21.0 Å². The molecule has 0 atom stereocenters. The van der Waals surface area contributed by atoms with Gasteiger partial charge in [0.2, 0.25) is 0 Å². The van der Waals surface area contributed by atoms with Crippen molar-refractivity contribution in [3.05, 3.63) is 39.1 Å². The lowest BCUT2D eigenvalue weighted by atomic mass is 10.3. The highest BCUT2D eigenvalue weighted by Crippen LogP contribution is 2.29. The van der Waals surface area contributed by atoms with E-state index in [1.807, 2.05) is 26.1 Å². The molecule has 4 nitrogen and oxygen atoms in total. The van der Waals surface area contributed by atoms with Crippen molar-refractivity contribution in [3.63, 3.8) is 0 Å². The lowest BCUT2D eigenvalue weighted by Gasteiger charge is -2.09. The van der Waals surface area contributed by atoms with Crippen LogP contribution in [-0.4, -0.2) is 9.78 Å². The Morgan fingerprint density at radius 1 is 1.47 bits per heavy atom. The Balaban J connectivity index is 2.19. The molecule has 2 N–H and O–H groups in total. The van der Waals surface area contributed by atoms with Gasteiger partial charge in [-0.2, -0.15) is 5.10 Å². The van der Waals surface area contributed by atoms with Gasteiger partial charge in [0.15, 0.2) is 0 Å². The monoisotopic (exact) mass is 343 g/mol. The van der Waals surface area contributed by atoms with Crippen LogP contribution in [0.4, 0.5) is 5.69 Å². The molecular formula is C13H15BrClN3O. The van der Waals surface area contributed by atoms with Crippen LogP contribution in [0.25, 0.3) is 0 Å². The summed E-state index contributed by atoms with van der Waals surface area (Å²) in [6.07, 6.45) is 0.800. The van der Waals surface area contributed by atoms with Crippen molar-refractivity contribution >= 4 is 33.2 Å². The zero-order valence-electron chi connectivity index (χ0n) is 10.8. The Kier molecular flexibility index (Phi) is 4.37. The van der Waals surface area contributed by atoms with Gasteiger partial charge in [-0.15, -0.1) is 0 Å². The molecule has 6 heteroatoms. The van der Waals surface area contributed by atoms with Gasteiger partial charge in [-0.25, -0.2) is 0 Å². The predicted octanol–water partition coefficient (Wildman–Crippen LogP) is 3.56. The molecule has 0 amide bonds. The topological polar surface area (TPSA) is 53.1 Å². The summed E-state index contributed by atoms with van der Waals surface area (Å²) in [5.41, 5.74) is 8.13. The highest BCUT2D eigenvalue weighted by atomic mass is 79.9. The van der Waals surface area contributed by atoms with Gasteiger partial charge in [-0.1, -0.05) is 18.5 Å². The number of nitrogens with two attached hydrogens (primary N) is 1. The van der Waals surface area contributed by atoms with E-state index in [1.54, 1.807) is 10.7 Å². The van der Waals surface area contributed by atoms with E-state index >= 15 is 0 Å². The first-order valence-electron chi connectivity index (χ1n) is 5.91. The summed E-state index contributed by atoms with van der Waals surface area (Å²) >= 11 is 9.69. The van der Waals surface area contributed by atoms with Crippen molar-refractivity contribution in [1.29, 1.82) is 0 Å². The van der Waals surface area contributed by atoms with E-state index in [1.165, 1.54) is 0 Å². The number of benzene rings is 1. The Hall–Kier alpha value is -1.20.